The molecule has 0 aromatic carbocycles. The number of rotatable bonds is 4. The molecule has 0 saturated carbocycles. The van der Waals surface area contributed by atoms with Gasteiger partial charge in [-0.05, 0) is 61.7 Å². The number of amides is 1. The van der Waals surface area contributed by atoms with Gasteiger partial charge in [-0.3, -0.25) is 9.69 Å². The lowest BCUT2D eigenvalue weighted by atomic mass is 9.88. The standard InChI is InChI=1S/C17H20N4OS2/c1-11-9-18-10-20(11)7-4-8-21-16(22)14-12-5-2-3-6-13(12)24-15(14)19-17(21)23/h9-10,14H,2-8H2,1H3. The molecule has 1 aliphatic carbocycles. The summed E-state index contributed by atoms with van der Waals surface area (Å²) in [4.78, 5) is 24.8. The molecule has 24 heavy (non-hydrogen) atoms. The lowest BCUT2D eigenvalue weighted by Gasteiger charge is -2.30. The number of thioether (sulfide) groups is 1. The van der Waals surface area contributed by atoms with Crippen LogP contribution in [0.3, 0.4) is 0 Å². The minimum Gasteiger partial charge on any atom is -0.335 e. The molecular weight excluding hydrogens is 340 g/mol. The molecule has 0 radical (unpaired) electrons. The minimum atomic E-state index is -0.146. The monoisotopic (exact) mass is 360 g/mol. The molecule has 0 fully saturated rings. The van der Waals surface area contributed by atoms with Gasteiger partial charge in [0.1, 0.15) is 5.92 Å². The molecule has 3 heterocycles. The van der Waals surface area contributed by atoms with Gasteiger partial charge in [0.25, 0.3) is 0 Å². The van der Waals surface area contributed by atoms with Crippen LogP contribution in [-0.2, 0) is 11.3 Å². The highest BCUT2D eigenvalue weighted by Crippen LogP contribution is 2.47. The van der Waals surface area contributed by atoms with Crippen molar-refractivity contribution in [3.05, 3.63) is 28.7 Å². The Balaban J connectivity index is 1.47. The van der Waals surface area contributed by atoms with E-state index >= 15 is 0 Å². The van der Waals surface area contributed by atoms with E-state index in [0.29, 0.717) is 11.7 Å². The fourth-order valence-electron chi connectivity index (χ4n) is 3.63. The Morgan fingerprint density at radius 1 is 1.33 bits per heavy atom. The maximum Gasteiger partial charge on any atom is 0.242 e. The van der Waals surface area contributed by atoms with E-state index in [1.807, 2.05) is 19.4 Å². The van der Waals surface area contributed by atoms with Crippen LogP contribution < -0.4 is 0 Å². The molecule has 126 valence electrons. The highest BCUT2D eigenvalue weighted by Gasteiger charge is 2.43. The van der Waals surface area contributed by atoms with E-state index in [1.165, 1.54) is 23.3 Å². The third-order valence-corrected chi connectivity index (χ3v) is 6.49. The second-order valence-electron chi connectivity index (χ2n) is 6.50. The van der Waals surface area contributed by atoms with Crippen LogP contribution in [0.25, 0.3) is 0 Å². The molecule has 5 nitrogen and oxygen atoms in total. The zero-order chi connectivity index (χ0) is 16.7. The van der Waals surface area contributed by atoms with Crippen LogP contribution in [0.4, 0.5) is 0 Å². The summed E-state index contributed by atoms with van der Waals surface area (Å²) in [6.07, 6.45) is 9.05. The first kappa shape index (κ1) is 16.0. The number of hydrogen-bond acceptors (Lipinski definition) is 4. The normalized spacial score (nSPS) is 23.5. The number of hydrogen-bond donors (Lipinski definition) is 0. The van der Waals surface area contributed by atoms with Gasteiger partial charge >= 0.3 is 0 Å². The van der Waals surface area contributed by atoms with Crippen molar-refractivity contribution >= 4 is 40.0 Å². The highest BCUT2D eigenvalue weighted by atomic mass is 32.2. The van der Waals surface area contributed by atoms with Crippen molar-refractivity contribution in [3.63, 3.8) is 0 Å². The molecule has 1 unspecified atom stereocenters. The summed E-state index contributed by atoms with van der Waals surface area (Å²) >= 11 is 7.09. The van der Waals surface area contributed by atoms with E-state index in [9.17, 15) is 4.79 Å². The first-order valence-electron chi connectivity index (χ1n) is 8.45. The molecule has 1 amide bonds. The lowest BCUT2D eigenvalue weighted by molar-refractivity contribution is -0.128. The molecule has 3 aliphatic rings. The molecule has 0 N–H and O–H groups in total. The summed E-state index contributed by atoms with van der Waals surface area (Å²) in [5.74, 6) is -0.0151. The fourth-order valence-corrected chi connectivity index (χ4v) is 5.31. The predicted molar refractivity (Wildman–Crippen MR) is 99.9 cm³/mol. The van der Waals surface area contributed by atoms with Crippen LogP contribution in [0, 0.1) is 12.8 Å². The third kappa shape index (κ3) is 2.73. The maximum absolute atomic E-state index is 13.0. The van der Waals surface area contributed by atoms with E-state index in [0.717, 1.165) is 36.5 Å². The van der Waals surface area contributed by atoms with E-state index in [1.54, 1.807) is 16.7 Å². The predicted octanol–water partition coefficient (Wildman–Crippen LogP) is 3.30. The molecule has 1 aromatic rings. The summed E-state index contributed by atoms with van der Waals surface area (Å²) < 4.78 is 2.10. The lowest BCUT2D eigenvalue weighted by Crippen LogP contribution is -2.46. The van der Waals surface area contributed by atoms with Gasteiger partial charge in [0.05, 0.1) is 11.4 Å². The quantitative estimate of drug-likeness (QED) is 0.773. The average Bonchev–Trinajstić information content (AvgIpc) is 3.13. The Morgan fingerprint density at radius 2 is 2.17 bits per heavy atom. The van der Waals surface area contributed by atoms with Crippen LogP contribution in [0.1, 0.15) is 37.8 Å². The molecule has 4 rings (SSSR count). The van der Waals surface area contributed by atoms with Crippen molar-refractivity contribution in [1.82, 2.24) is 14.5 Å². The highest BCUT2D eigenvalue weighted by molar-refractivity contribution is 8.17. The first-order valence-corrected chi connectivity index (χ1v) is 9.68. The van der Waals surface area contributed by atoms with Gasteiger partial charge in [0.2, 0.25) is 11.0 Å². The number of aromatic nitrogens is 2. The maximum atomic E-state index is 13.0. The Bertz CT molecular complexity index is 764. The van der Waals surface area contributed by atoms with Crippen molar-refractivity contribution < 1.29 is 4.79 Å². The zero-order valence-electron chi connectivity index (χ0n) is 13.7. The Morgan fingerprint density at radius 3 is 2.96 bits per heavy atom. The van der Waals surface area contributed by atoms with Gasteiger partial charge in [-0.2, -0.15) is 0 Å². The number of carbonyl (C=O) groups is 1. The number of thiocarbonyl (C=S) groups is 1. The number of allylic oxidation sites excluding steroid dienone is 1. The Hall–Kier alpha value is -1.47. The number of aliphatic imine (C=N–C) groups is 1. The molecule has 7 heteroatoms. The fraction of sp³-hybridized carbons (Fsp3) is 0.529. The molecule has 0 bridgehead atoms. The summed E-state index contributed by atoms with van der Waals surface area (Å²) in [6, 6.07) is 0. The third-order valence-electron chi connectivity index (χ3n) is 4.93. The minimum absolute atomic E-state index is 0.131. The van der Waals surface area contributed by atoms with Gasteiger partial charge in [0.15, 0.2) is 0 Å². The van der Waals surface area contributed by atoms with Crippen LogP contribution in [0.2, 0.25) is 0 Å². The summed E-state index contributed by atoms with van der Waals surface area (Å²) in [7, 11) is 0. The zero-order valence-corrected chi connectivity index (χ0v) is 15.3. The molecule has 0 saturated heterocycles. The van der Waals surface area contributed by atoms with Crippen molar-refractivity contribution in [2.45, 2.75) is 45.6 Å². The van der Waals surface area contributed by atoms with Crippen molar-refractivity contribution in [2.24, 2.45) is 10.9 Å². The number of carbonyl (C=O) groups excluding carboxylic acids is 1. The summed E-state index contributed by atoms with van der Waals surface area (Å²) in [5, 5.41) is 1.35. The second kappa shape index (κ2) is 6.44. The topological polar surface area (TPSA) is 50.5 Å². The number of fused-ring (bicyclic) bond motifs is 2. The van der Waals surface area contributed by atoms with E-state index in [2.05, 4.69) is 14.5 Å². The van der Waals surface area contributed by atoms with Gasteiger partial charge in [-0.25, -0.2) is 9.98 Å². The van der Waals surface area contributed by atoms with Crippen LogP contribution in [-0.4, -0.2) is 37.1 Å². The smallest absolute Gasteiger partial charge is 0.242 e. The van der Waals surface area contributed by atoms with Gasteiger partial charge in [0, 0.05) is 25.0 Å². The molecular formula is C17H20N4OS2. The van der Waals surface area contributed by atoms with Crippen LogP contribution in [0.5, 0.6) is 0 Å². The number of nitrogens with zero attached hydrogens (tertiary/aromatic N) is 4. The number of aryl methyl sites for hydroxylation is 2. The van der Waals surface area contributed by atoms with Gasteiger partial charge in [-0.15, -0.1) is 0 Å². The summed E-state index contributed by atoms with van der Waals surface area (Å²) in [6.45, 7) is 3.49. The van der Waals surface area contributed by atoms with Gasteiger partial charge in [-0.1, -0.05) is 11.8 Å². The second-order valence-corrected chi connectivity index (χ2v) is 7.98. The van der Waals surface area contributed by atoms with E-state index in [4.69, 9.17) is 12.2 Å². The SMILES string of the molecule is Cc1cncn1CCCN1C(=O)C2C(=NC1=S)SC1=C2CCCC1. The largest absolute Gasteiger partial charge is 0.335 e. The van der Waals surface area contributed by atoms with Gasteiger partial charge < -0.3 is 4.57 Å². The first-order chi connectivity index (χ1) is 11.6. The number of imidazole rings is 1. The van der Waals surface area contributed by atoms with Crippen LogP contribution >= 0.6 is 24.0 Å². The van der Waals surface area contributed by atoms with E-state index < -0.39 is 0 Å². The molecule has 0 spiro atoms. The van der Waals surface area contributed by atoms with Crippen molar-refractivity contribution in [1.29, 1.82) is 0 Å². The van der Waals surface area contributed by atoms with E-state index in [-0.39, 0.29) is 11.8 Å². The molecule has 1 aromatic heterocycles. The average molecular weight is 361 g/mol. The Labute approximate surface area is 151 Å². The Kier molecular flexibility index (Phi) is 4.30. The van der Waals surface area contributed by atoms with Crippen molar-refractivity contribution in [2.75, 3.05) is 6.54 Å². The summed E-state index contributed by atoms with van der Waals surface area (Å²) in [5.41, 5.74) is 2.44. The molecule has 1 atom stereocenters. The van der Waals surface area contributed by atoms with Crippen molar-refractivity contribution in [3.8, 4) is 0 Å². The molecule has 2 aliphatic heterocycles. The van der Waals surface area contributed by atoms with Crippen LogP contribution in [0.15, 0.2) is 28.0 Å².